The standard InChI is InChI=1S/C19H30N2O2/c1-15(2)23-18-5-3-16(4-6-18)19(17-7-13-22-14-8-17)21-11-9-20-10-12-21/h3-6,15,17,19-20H,7-14H2,1-2H3/t19-/m0/s1. The fraction of sp³-hybridized carbons (Fsp3) is 0.684. The first-order valence-electron chi connectivity index (χ1n) is 9.03. The van der Waals surface area contributed by atoms with E-state index in [1.807, 2.05) is 0 Å². The summed E-state index contributed by atoms with van der Waals surface area (Å²) in [6, 6.07) is 9.29. The first-order valence-corrected chi connectivity index (χ1v) is 9.03. The molecule has 3 rings (SSSR count). The van der Waals surface area contributed by atoms with Crippen LogP contribution in [0.15, 0.2) is 24.3 Å². The zero-order valence-electron chi connectivity index (χ0n) is 14.5. The van der Waals surface area contributed by atoms with Crippen LogP contribution in [0.2, 0.25) is 0 Å². The summed E-state index contributed by atoms with van der Waals surface area (Å²) in [4.78, 5) is 2.66. The first kappa shape index (κ1) is 16.7. The van der Waals surface area contributed by atoms with Gasteiger partial charge in [-0.05, 0) is 50.3 Å². The molecular formula is C19H30N2O2. The summed E-state index contributed by atoms with van der Waals surface area (Å²) < 4.78 is 11.4. The molecule has 1 aromatic carbocycles. The van der Waals surface area contributed by atoms with Gasteiger partial charge in [0.25, 0.3) is 0 Å². The zero-order chi connectivity index (χ0) is 16.1. The lowest BCUT2D eigenvalue weighted by molar-refractivity contribution is 0.0213. The molecule has 2 aliphatic rings. The van der Waals surface area contributed by atoms with Gasteiger partial charge in [0.1, 0.15) is 5.75 Å². The van der Waals surface area contributed by atoms with E-state index in [4.69, 9.17) is 9.47 Å². The minimum atomic E-state index is 0.223. The lowest BCUT2D eigenvalue weighted by atomic mass is 9.85. The minimum absolute atomic E-state index is 0.223. The van der Waals surface area contributed by atoms with Crippen LogP contribution in [-0.4, -0.2) is 50.4 Å². The number of piperazine rings is 1. The van der Waals surface area contributed by atoms with Gasteiger partial charge in [0.2, 0.25) is 0 Å². The molecule has 0 unspecified atom stereocenters. The van der Waals surface area contributed by atoms with Gasteiger partial charge in [-0.2, -0.15) is 0 Å². The molecule has 23 heavy (non-hydrogen) atoms. The largest absolute Gasteiger partial charge is 0.491 e. The van der Waals surface area contributed by atoms with Crippen molar-refractivity contribution in [2.45, 2.75) is 38.8 Å². The molecule has 1 atom stereocenters. The molecular weight excluding hydrogens is 288 g/mol. The van der Waals surface area contributed by atoms with Crippen LogP contribution in [0.25, 0.3) is 0 Å². The molecule has 4 nitrogen and oxygen atoms in total. The summed E-state index contributed by atoms with van der Waals surface area (Å²) in [5.74, 6) is 1.66. The van der Waals surface area contributed by atoms with Crippen molar-refractivity contribution < 1.29 is 9.47 Å². The number of hydrogen-bond donors (Lipinski definition) is 1. The highest BCUT2D eigenvalue weighted by atomic mass is 16.5. The molecule has 0 bridgehead atoms. The van der Waals surface area contributed by atoms with Gasteiger partial charge in [0.15, 0.2) is 0 Å². The fourth-order valence-electron chi connectivity index (χ4n) is 3.79. The predicted molar refractivity (Wildman–Crippen MR) is 92.9 cm³/mol. The molecule has 4 heteroatoms. The third-order valence-corrected chi connectivity index (χ3v) is 4.85. The molecule has 2 saturated heterocycles. The first-order chi connectivity index (χ1) is 11.2. The van der Waals surface area contributed by atoms with Crippen LogP contribution in [-0.2, 0) is 4.74 Å². The number of nitrogens with zero attached hydrogens (tertiary/aromatic N) is 1. The van der Waals surface area contributed by atoms with E-state index in [-0.39, 0.29) is 6.10 Å². The molecule has 128 valence electrons. The summed E-state index contributed by atoms with van der Waals surface area (Å²) in [5, 5.41) is 3.47. The van der Waals surface area contributed by atoms with E-state index in [1.54, 1.807) is 0 Å². The second-order valence-electron chi connectivity index (χ2n) is 6.92. The third-order valence-electron chi connectivity index (χ3n) is 4.85. The molecule has 2 aliphatic heterocycles. The van der Waals surface area contributed by atoms with Crippen LogP contribution in [0.3, 0.4) is 0 Å². The molecule has 1 aromatic rings. The van der Waals surface area contributed by atoms with E-state index in [0.717, 1.165) is 45.1 Å². The number of benzene rings is 1. The van der Waals surface area contributed by atoms with Crippen molar-refractivity contribution in [1.29, 1.82) is 0 Å². The van der Waals surface area contributed by atoms with E-state index < -0.39 is 0 Å². The monoisotopic (exact) mass is 318 g/mol. The van der Waals surface area contributed by atoms with Gasteiger partial charge in [-0.1, -0.05) is 12.1 Å². The van der Waals surface area contributed by atoms with E-state index in [9.17, 15) is 0 Å². The average Bonchev–Trinajstić information content (AvgIpc) is 2.58. The van der Waals surface area contributed by atoms with Gasteiger partial charge >= 0.3 is 0 Å². The fourth-order valence-corrected chi connectivity index (χ4v) is 3.79. The number of rotatable bonds is 5. The Kier molecular flexibility index (Phi) is 5.92. The Morgan fingerprint density at radius 3 is 2.35 bits per heavy atom. The lowest BCUT2D eigenvalue weighted by Gasteiger charge is -2.41. The molecule has 0 spiro atoms. The van der Waals surface area contributed by atoms with Crippen LogP contribution in [0.4, 0.5) is 0 Å². The van der Waals surface area contributed by atoms with Crippen molar-refractivity contribution in [3.63, 3.8) is 0 Å². The Morgan fingerprint density at radius 2 is 1.74 bits per heavy atom. The third kappa shape index (κ3) is 4.46. The highest BCUT2D eigenvalue weighted by Gasteiger charge is 2.31. The molecule has 0 aliphatic carbocycles. The van der Waals surface area contributed by atoms with Crippen LogP contribution in [0.5, 0.6) is 5.75 Å². The Morgan fingerprint density at radius 1 is 1.09 bits per heavy atom. The Balaban J connectivity index is 1.78. The van der Waals surface area contributed by atoms with E-state index in [0.29, 0.717) is 12.0 Å². The molecule has 0 amide bonds. The topological polar surface area (TPSA) is 33.7 Å². The SMILES string of the molecule is CC(C)Oc1ccc([C@@H](C2CCOCC2)N2CCNCC2)cc1. The second-order valence-corrected chi connectivity index (χ2v) is 6.92. The number of ether oxygens (including phenoxy) is 2. The van der Waals surface area contributed by atoms with E-state index in [2.05, 4.69) is 48.3 Å². The van der Waals surface area contributed by atoms with Gasteiger partial charge in [-0.15, -0.1) is 0 Å². The van der Waals surface area contributed by atoms with Crippen LogP contribution in [0, 0.1) is 5.92 Å². The van der Waals surface area contributed by atoms with Crippen molar-refractivity contribution in [2.75, 3.05) is 39.4 Å². The zero-order valence-corrected chi connectivity index (χ0v) is 14.5. The van der Waals surface area contributed by atoms with Crippen molar-refractivity contribution in [3.8, 4) is 5.75 Å². The second kappa shape index (κ2) is 8.13. The van der Waals surface area contributed by atoms with Crippen molar-refractivity contribution >= 4 is 0 Å². The highest BCUT2D eigenvalue weighted by molar-refractivity contribution is 5.30. The maximum absolute atomic E-state index is 5.80. The molecule has 2 fully saturated rings. The van der Waals surface area contributed by atoms with Crippen LogP contribution >= 0.6 is 0 Å². The summed E-state index contributed by atoms with van der Waals surface area (Å²) in [6.07, 6.45) is 2.55. The summed E-state index contributed by atoms with van der Waals surface area (Å²) >= 11 is 0. The van der Waals surface area contributed by atoms with Crippen molar-refractivity contribution in [2.24, 2.45) is 5.92 Å². The highest BCUT2D eigenvalue weighted by Crippen LogP contribution is 2.36. The molecule has 2 heterocycles. The quantitative estimate of drug-likeness (QED) is 0.905. The van der Waals surface area contributed by atoms with Gasteiger partial charge < -0.3 is 14.8 Å². The van der Waals surface area contributed by atoms with Gasteiger partial charge in [-0.25, -0.2) is 0 Å². The maximum Gasteiger partial charge on any atom is 0.119 e. The summed E-state index contributed by atoms with van der Waals surface area (Å²) in [7, 11) is 0. The molecule has 0 aromatic heterocycles. The molecule has 0 saturated carbocycles. The molecule has 0 radical (unpaired) electrons. The van der Waals surface area contributed by atoms with Gasteiger partial charge in [0, 0.05) is 45.4 Å². The predicted octanol–water partition coefficient (Wildman–Crippen LogP) is 2.85. The van der Waals surface area contributed by atoms with Gasteiger partial charge in [0.05, 0.1) is 6.10 Å². The van der Waals surface area contributed by atoms with Crippen LogP contribution < -0.4 is 10.1 Å². The van der Waals surface area contributed by atoms with E-state index in [1.165, 1.54) is 18.4 Å². The Hall–Kier alpha value is -1.10. The Bertz CT molecular complexity index is 445. The molecule has 1 N–H and O–H groups in total. The summed E-state index contributed by atoms with van der Waals surface area (Å²) in [6.45, 7) is 10.4. The number of nitrogens with one attached hydrogen (secondary N) is 1. The van der Waals surface area contributed by atoms with Crippen molar-refractivity contribution in [3.05, 3.63) is 29.8 Å². The van der Waals surface area contributed by atoms with E-state index >= 15 is 0 Å². The maximum atomic E-state index is 5.80. The Labute approximate surface area is 140 Å². The summed E-state index contributed by atoms with van der Waals surface area (Å²) in [5.41, 5.74) is 1.43. The van der Waals surface area contributed by atoms with Crippen molar-refractivity contribution in [1.82, 2.24) is 10.2 Å². The number of hydrogen-bond acceptors (Lipinski definition) is 4. The average molecular weight is 318 g/mol. The van der Waals surface area contributed by atoms with Crippen LogP contribution in [0.1, 0.15) is 38.3 Å². The smallest absolute Gasteiger partial charge is 0.119 e. The minimum Gasteiger partial charge on any atom is -0.491 e. The normalized spacial score (nSPS) is 22.2. The lowest BCUT2D eigenvalue weighted by Crippen LogP contribution is -2.47. The van der Waals surface area contributed by atoms with Gasteiger partial charge in [-0.3, -0.25) is 4.90 Å².